The van der Waals surface area contributed by atoms with Crippen LogP contribution in [0.25, 0.3) is 0 Å². The number of hydrogen-bond donors (Lipinski definition) is 1. The van der Waals surface area contributed by atoms with E-state index in [0.717, 1.165) is 42.0 Å². The zero-order valence-corrected chi connectivity index (χ0v) is 26.2. The standard InChI is InChI=1S/C27H44N2O3S2.C2H6.H2/c1-10-26(8,18-27(9,11-2)21(5)30)19-32-23-15-13-22(14-16-23)20(4)28-29-24(31)17-25(6,7)34-33-12-3;1-2;/h13-16H,10-12,17-19H2,1-9H3,(H,29,31);1-2H3;1H/b28-20+;;. The molecule has 1 rings (SSSR count). The minimum atomic E-state index is -0.321. The molecular formula is C29H52N2O3S2. The van der Waals surface area contributed by atoms with Crippen LogP contribution in [-0.2, 0) is 9.59 Å². The molecule has 0 saturated heterocycles. The average Bonchev–Trinajstić information content (AvgIpc) is 2.86. The molecule has 0 radical (unpaired) electrons. The third-order valence-electron chi connectivity index (χ3n) is 6.50. The van der Waals surface area contributed by atoms with Crippen molar-refractivity contribution in [3.05, 3.63) is 29.8 Å². The van der Waals surface area contributed by atoms with Crippen molar-refractivity contribution in [1.29, 1.82) is 0 Å². The van der Waals surface area contributed by atoms with E-state index in [-0.39, 0.29) is 28.7 Å². The second kappa shape index (κ2) is 16.4. The number of nitrogens with zero attached hydrogens (tertiary/aromatic N) is 1. The molecule has 1 aromatic rings. The lowest BCUT2D eigenvalue weighted by molar-refractivity contribution is -0.128. The van der Waals surface area contributed by atoms with Gasteiger partial charge in [-0.05, 0) is 76.8 Å². The Labute approximate surface area is 230 Å². The minimum absolute atomic E-state index is 0. The first-order valence-electron chi connectivity index (χ1n) is 13.2. The van der Waals surface area contributed by atoms with Crippen molar-refractivity contribution in [3.8, 4) is 5.75 Å². The fraction of sp³-hybridized carbons (Fsp3) is 0.690. The lowest BCUT2D eigenvalue weighted by Crippen LogP contribution is -2.36. The van der Waals surface area contributed by atoms with E-state index in [9.17, 15) is 9.59 Å². The highest BCUT2D eigenvalue weighted by molar-refractivity contribution is 8.77. The van der Waals surface area contributed by atoms with Crippen LogP contribution in [-0.4, -0.2) is 34.5 Å². The van der Waals surface area contributed by atoms with E-state index >= 15 is 0 Å². The topological polar surface area (TPSA) is 67.8 Å². The molecule has 0 saturated carbocycles. The Kier molecular flexibility index (Phi) is 15.7. The summed E-state index contributed by atoms with van der Waals surface area (Å²) < 4.78 is 5.99. The molecular weight excluding hydrogens is 488 g/mol. The monoisotopic (exact) mass is 540 g/mol. The summed E-state index contributed by atoms with van der Waals surface area (Å²) in [6.07, 6.45) is 2.98. The number of hydrogen-bond acceptors (Lipinski definition) is 6. The van der Waals surface area contributed by atoms with Gasteiger partial charge in [-0.15, -0.1) is 0 Å². The number of carbonyl (C=O) groups is 2. The molecule has 0 fully saturated rings. The molecule has 36 heavy (non-hydrogen) atoms. The Bertz CT molecular complexity index is 846. The van der Waals surface area contributed by atoms with Crippen LogP contribution < -0.4 is 10.2 Å². The zero-order chi connectivity index (χ0) is 28.0. The van der Waals surface area contributed by atoms with Crippen LogP contribution in [0.15, 0.2) is 29.4 Å². The lowest BCUT2D eigenvalue weighted by atomic mass is 9.69. The lowest BCUT2D eigenvalue weighted by Gasteiger charge is -2.37. The van der Waals surface area contributed by atoms with Crippen LogP contribution >= 0.6 is 21.6 Å². The van der Waals surface area contributed by atoms with E-state index < -0.39 is 0 Å². The Morgan fingerprint density at radius 3 is 2.06 bits per heavy atom. The predicted octanol–water partition coefficient (Wildman–Crippen LogP) is 8.56. The van der Waals surface area contributed by atoms with Crippen molar-refractivity contribution in [2.75, 3.05) is 12.4 Å². The molecule has 0 bridgehead atoms. The van der Waals surface area contributed by atoms with Gasteiger partial charge in [-0.2, -0.15) is 5.10 Å². The van der Waals surface area contributed by atoms with Gasteiger partial charge < -0.3 is 4.74 Å². The third kappa shape index (κ3) is 12.2. The molecule has 208 valence electrons. The first kappa shape index (κ1) is 34.5. The molecule has 2 unspecified atom stereocenters. The summed E-state index contributed by atoms with van der Waals surface area (Å²) in [5.74, 6) is 1.95. The van der Waals surface area contributed by atoms with E-state index in [1.165, 1.54) is 0 Å². The molecule has 5 nitrogen and oxygen atoms in total. The molecule has 0 spiro atoms. The number of nitrogens with one attached hydrogen (secondary N) is 1. The number of amides is 1. The van der Waals surface area contributed by atoms with E-state index in [2.05, 4.69) is 59.0 Å². The highest BCUT2D eigenvalue weighted by Gasteiger charge is 2.37. The summed E-state index contributed by atoms with van der Waals surface area (Å²) in [5, 5.41) is 4.28. The largest absolute Gasteiger partial charge is 0.493 e. The van der Waals surface area contributed by atoms with Gasteiger partial charge >= 0.3 is 0 Å². The normalized spacial score (nSPS) is 15.1. The summed E-state index contributed by atoms with van der Waals surface area (Å²) in [6.45, 7) is 22.9. The maximum Gasteiger partial charge on any atom is 0.241 e. The summed E-state index contributed by atoms with van der Waals surface area (Å²) in [6, 6.07) is 7.76. The van der Waals surface area contributed by atoms with Gasteiger partial charge in [0.1, 0.15) is 11.5 Å². The fourth-order valence-electron chi connectivity index (χ4n) is 3.65. The van der Waals surface area contributed by atoms with Crippen molar-refractivity contribution < 1.29 is 15.8 Å². The Morgan fingerprint density at radius 1 is 1.00 bits per heavy atom. The molecule has 0 aliphatic heterocycles. The number of Topliss-reactive ketones (excluding diaryl/α,β-unsaturated/α-hetero) is 1. The summed E-state index contributed by atoms with van der Waals surface area (Å²) in [5.41, 5.74) is 3.95. The van der Waals surface area contributed by atoms with Crippen LogP contribution in [0, 0.1) is 10.8 Å². The first-order valence-corrected chi connectivity index (χ1v) is 15.5. The van der Waals surface area contributed by atoms with Crippen LogP contribution in [0.4, 0.5) is 0 Å². The van der Waals surface area contributed by atoms with E-state index in [4.69, 9.17) is 4.74 Å². The summed E-state index contributed by atoms with van der Waals surface area (Å²) in [7, 11) is 3.49. The van der Waals surface area contributed by atoms with Gasteiger partial charge in [0.15, 0.2) is 0 Å². The van der Waals surface area contributed by atoms with E-state index in [0.29, 0.717) is 13.0 Å². The first-order chi connectivity index (χ1) is 16.8. The molecule has 7 heteroatoms. The molecule has 1 N–H and O–H groups in total. The van der Waals surface area contributed by atoms with Crippen molar-refractivity contribution in [2.24, 2.45) is 15.9 Å². The van der Waals surface area contributed by atoms with Crippen molar-refractivity contribution in [2.45, 2.75) is 107 Å². The van der Waals surface area contributed by atoms with Gasteiger partial charge in [0.2, 0.25) is 5.91 Å². The van der Waals surface area contributed by atoms with E-state index in [1.54, 1.807) is 28.5 Å². The van der Waals surface area contributed by atoms with Crippen LogP contribution in [0.2, 0.25) is 0 Å². The molecule has 1 amide bonds. The fourth-order valence-corrected chi connectivity index (χ4v) is 5.77. The molecule has 0 aromatic heterocycles. The maximum atomic E-state index is 12.3. The SMILES string of the molecule is CC.CCSSC(C)(C)CC(=O)N/N=C(\C)c1ccc(OCC(C)(CC)CC(C)(CC)C(C)=O)cc1.[HH]. The molecule has 0 aliphatic carbocycles. The van der Waals surface area contributed by atoms with Gasteiger partial charge in [0.05, 0.1) is 12.3 Å². The van der Waals surface area contributed by atoms with Crippen LogP contribution in [0.1, 0.15) is 109 Å². The second-order valence-corrected chi connectivity index (χ2v) is 13.6. The van der Waals surface area contributed by atoms with Crippen molar-refractivity contribution >= 4 is 39.0 Å². The van der Waals surface area contributed by atoms with Crippen molar-refractivity contribution in [1.82, 2.24) is 5.43 Å². The highest BCUT2D eigenvalue weighted by atomic mass is 33.1. The number of benzene rings is 1. The molecule has 0 heterocycles. The van der Waals surface area contributed by atoms with Gasteiger partial charge in [0.25, 0.3) is 0 Å². The van der Waals surface area contributed by atoms with Crippen LogP contribution in [0.3, 0.4) is 0 Å². The Balaban J connectivity index is 0. The van der Waals surface area contributed by atoms with Gasteiger partial charge in [-0.25, -0.2) is 5.43 Å². The number of hydrazone groups is 1. The number of ether oxygens (including phenoxy) is 1. The smallest absolute Gasteiger partial charge is 0.241 e. The van der Waals surface area contributed by atoms with Crippen molar-refractivity contribution in [3.63, 3.8) is 0 Å². The number of carbonyl (C=O) groups excluding carboxylic acids is 2. The van der Waals surface area contributed by atoms with Gasteiger partial charge in [0, 0.05) is 29.2 Å². The van der Waals surface area contributed by atoms with E-state index in [1.807, 2.05) is 45.0 Å². The number of ketones is 1. The zero-order valence-electron chi connectivity index (χ0n) is 24.5. The second-order valence-electron chi connectivity index (χ2n) is 10.3. The Morgan fingerprint density at radius 2 is 1.58 bits per heavy atom. The Hall–Kier alpha value is -1.47. The minimum Gasteiger partial charge on any atom is -0.493 e. The average molecular weight is 541 g/mol. The molecule has 0 aliphatic rings. The molecule has 2 atom stereocenters. The predicted molar refractivity (Wildman–Crippen MR) is 162 cm³/mol. The van der Waals surface area contributed by atoms with Crippen LogP contribution in [0.5, 0.6) is 5.75 Å². The summed E-state index contributed by atoms with van der Waals surface area (Å²) in [4.78, 5) is 24.5. The van der Waals surface area contributed by atoms with Gasteiger partial charge in [-0.3, -0.25) is 9.59 Å². The highest BCUT2D eigenvalue weighted by Crippen LogP contribution is 2.40. The molecule has 1 aromatic carbocycles. The summed E-state index contributed by atoms with van der Waals surface area (Å²) >= 11 is 0. The third-order valence-corrected chi connectivity index (χ3v) is 9.86. The number of rotatable bonds is 15. The maximum absolute atomic E-state index is 12.3. The quantitative estimate of drug-likeness (QED) is 0.137. The van der Waals surface area contributed by atoms with Gasteiger partial charge in [-0.1, -0.05) is 70.1 Å².